The predicted octanol–water partition coefficient (Wildman–Crippen LogP) is 1.49. The largest absolute Gasteiger partial charge is 0.393 e. The first-order valence-electron chi connectivity index (χ1n) is 7.38. The molecular formula is C16H23N3O. The summed E-state index contributed by atoms with van der Waals surface area (Å²) >= 11 is 0. The summed E-state index contributed by atoms with van der Waals surface area (Å²) in [4.78, 5) is 2.43. The number of hydrogen-bond acceptors (Lipinski definition) is 4. The van der Waals surface area contributed by atoms with Crippen LogP contribution < -0.4 is 5.32 Å². The molecule has 1 aliphatic rings. The Morgan fingerprint density at radius 2 is 1.95 bits per heavy atom. The molecule has 0 spiro atoms. The molecule has 0 bridgehead atoms. The number of aliphatic hydroxyl groups excluding tert-OH is 1. The Morgan fingerprint density at radius 1 is 1.25 bits per heavy atom. The number of aliphatic hydroxyl groups is 1. The van der Waals surface area contributed by atoms with Gasteiger partial charge in [-0.1, -0.05) is 12.1 Å². The van der Waals surface area contributed by atoms with Crippen molar-refractivity contribution in [2.45, 2.75) is 31.9 Å². The van der Waals surface area contributed by atoms with E-state index in [0.717, 1.165) is 52.0 Å². The highest BCUT2D eigenvalue weighted by Gasteiger charge is 2.15. The van der Waals surface area contributed by atoms with Crippen molar-refractivity contribution in [3.63, 3.8) is 0 Å². The Kier molecular flexibility index (Phi) is 6.00. The van der Waals surface area contributed by atoms with Crippen molar-refractivity contribution in [1.82, 2.24) is 10.2 Å². The molecule has 4 heteroatoms. The average molecular weight is 273 g/mol. The summed E-state index contributed by atoms with van der Waals surface area (Å²) in [6.07, 6.45) is 2.88. The average Bonchev–Trinajstić information content (AvgIpc) is 2.49. The smallest absolute Gasteiger partial charge is 0.0991 e. The molecular weight excluding hydrogens is 250 g/mol. The van der Waals surface area contributed by atoms with Gasteiger partial charge >= 0.3 is 0 Å². The van der Waals surface area contributed by atoms with Crippen molar-refractivity contribution in [2.24, 2.45) is 0 Å². The Morgan fingerprint density at radius 3 is 2.60 bits per heavy atom. The third-order valence-electron chi connectivity index (χ3n) is 3.80. The highest BCUT2D eigenvalue weighted by atomic mass is 16.3. The predicted molar refractivity (Wildman–Crippen MR) is 79.2 cm³/mol. The van der Waals surface area contributed by atoms with E-state index in [0.29, 0.717) is 5.56 Å². The number of benzene rings is 1. The van der Waals surface area contributed by atoms with Gasteiger partial charge in [-0.25, -0.2) is 0 Å². The Balaban J connectivity index is 1.56. The molecule has 0 radical (unpaired) electrons. The lowest BCUT2D eigenvalue weighted by Crippen LogP contribution is -2.37. The van der Waals surface area contributed by atoms with Gasteiger partial charge in [-0.2, -0.15) is 5.26 Å². The lowest BCUT2D eigenvalue weighted by Gasteiger charge is -2.29. The van der Waals surface area contributed by atoms with Crippen molar-refractivity contribution in [3.8, 4) is 6.07 Å². The molecule has 0 atom stereocenters. The Labute approximate surface area is 121 Å². The van der Waals surface area contributed by atoms with Crippen LogP contribution >= 0.6 is 0 Å². The lowest BCUT2D eigenvalue weighted by molar-refractivity contribution is 0.0821. The number of nitriles is 1. The monoisotopic (exact) mass is 273 g/mol. The molecule has 2 rings (SSSR count). The molecule has 20 heavy (non-hydrogen) atoms. The summed E-state index contributed by atoms with van der Waals surface area (Å²) in [5.74, 6) is 0. The minimum absolute atomic E-state index is 0.0826. The summed E-state index contributed by atoms with van der Waals surface area (Å²) < 4.78 is 0. The van der Waals surface area contributed by atoms with Crippen LogP contribution in [0.2, 0.25) is 0 Å². The van der Waals surface area contributed by atoms with Crippen LogP contribution in [-0.4, -0.2) is 42.3 Å². The zero-order valence-electron chi connectivity index (χ0n) is 11.9. The quantitative estimate of drug-likeness (QED) is 0.771. The zero-order chi connectivity index (χ0) is 14.2. The normalized spacial score (nSPS) is 17.0. The van der Waals surface area contributed by atoms with E-state index in [1.165, 1.54) is 5.56 Å². The van der Waals surface area contributed by atoms with E-state index in [-0.39, 0.29) is 6.10 Å². The molecule has 1 aromatic rings. The lowest BCUT2D eigenvalue weighted by atomic mass is 10.1. The van der Waals surface area contributed by atoms with Crippen LogP contribution in [0.15, 0.2) is 24.3 Å². The number of nitrogens with zero attached hydrogens (tertiary/aromatic N) is 2. The van der Waals surface area contributed by atoms with Gasteiger partial charge in [-0.3, -0.25) is 0 Å². The summed E-state index contributed by atoms with van der Waals surface area (Å²) in [6.45, 7) is 5.00. The first kappa shape index (κ1) is 15.0. The van der Waals surface area contributed by atoms with Crippen LogP contribution in [0, 0.1) is 11.3 Å². The molecule has 0 aromatic heterocycles. The number of nitrogens with one attached hydrogen (secondary N) is 1. The van der Waals surface area contributed by atoms with Crippen LogP contribution in [0.5, 0.6) is 0 Å². The van der Waals surface area contributed by atoms with E-state index in [1.54, 1.807) is 0 Å². The minimum Gasteiger partial charge on any atom is -0.393 e. The number of likely N-dealkylation sites (tertiary alicyclic amines) is 1. The van der Waals surface area contributed by atoms with Gasteiger partial charge in [0.15, 0.2) is 0 Å². The fourth-order valence-electron chi connectivity index (χ4n) is 2.50. The molecule has 1 fully saturated rings. The maximum Gasteiger partial charge on any atom is 0.0991 e. The molecule has 4 nitrogen and oxygen atoms in total. The van der Waals surface area contributed by atoms with Crippen molar-refractivity contribution in [2.75, 3.05) is 26.2 Å². The Bertz CT molecular complexity index is 430. The fraction of sp³-hybridized carbons (Fsp3) is 0.562. The summed E-state index contributed by atoms with van der Waals surface area (Å²) in [5.41, 5.74) is 1.92. The second-order valence-electron chi connectivity index (χ2n) is 5.41. The van der Waals surface area contributed by atoms with Gasteiger partial charge in [-0.15, -0.1) is 0 Å². The molecule has 1 aliphatic heterocycles. The molecule has 2 N–H and O–H groups in total. The highest BCUT2D eigenvalue weighted by Crippen LogP contribution is 2.09. The minimum atomic E-state index is -0.0826. The Hall–Kier alpha value is -1.41. The molecule has 0 aliphatic carbocycles. The van der Waals surface area contributed by atoms with Crippen molar-refractivity contribution >= 4 is 0 Å². The number of rotatable bonds is 6. The van der Waals surface area contributed by atoms with Crippen molar-refractivity contribution in [1.29, 1.82) is 5.26 Å². The summed E-state index contributed by atoms with van der Waals surface area (Å²) in [6, 6.07) is 9.84. The molecule has 0 unspecified atom stereocenters. The van der Waals surface area contributed by atoms with Gasteiger partial charge in [0.1, 0.15) is 0 Å². The van der Waals surface area contributed by atoms with Crippen LogP contribution in [-0.2, 0) is 6.54 Å². The van der Waals surface area contributed by atoms with E-state index >= 15 is 0 Å². The first-order valence-corrected chi connectivity index (χ1v) is 7.38. The third kappa shape index (κ3) is 4.93. The molecule has 1 heterocycles. The van der Waals surface area contributed by atoms with Gasteiger partial charge in [-0.05, 0) is 50.0 Å². The van der Waals surface area contributed by atoms with E-state index in [1.807, 2.05) is 24.3 Å². The van der Waals surface area contributed by atoms with Gasteiger partial charge < -0.3 is 15.3 Å². The topological polar surface area (TPSA) is 59.3 Å². The molecule has 0 amide bonds. The zero-order valence-corrected chi connectivity index (χ0v) is 11.9. The van der Waals surface area contributed by atoms with Gasteiger partial charge in [0.25, 0.3) is 0 Å². The second-order valence-corrected chi connectivity index (χ2v) is 5.41. The van der Waals surface area contributed by atoms with Crippen LogP contribution in [0.4, 0.5) is 0 Å². The highest BCUT2D eigenvalue weighted by molar-refractivity contribution is 5.31. The van der Waals surface area contributed by atoms with Crippen LogP contribution in [0.1, 0.15) is 30.4 Å². The molecule has 1 aromatic carbocycles. The maximum absolute atomic E-state index is 9.44. The van der Waals surface area contributed by atoms with E-state index in [4.69, 9.17) is 5.26 Å². The SMILES string of the molecule is N#Cc1ccc(CNCCCN2CCC(O)CC2)cc1. The van der Waals surface area contributed by atoms with Crippen LogP contribution in [0.25, 0.3) is 0 Å². The van der Waals surface area contributed by atoms with E-state index in [2.05, 4.69) is 16.3 Å². The van der Waals surface area contributed by atoms with Crippen LogP contribution in [0.3, 0.4) is 0 Å². The number of hydrogen-bond donors (Lipinski definition) is 2. The van der Waals surface area contributed by atoms with Crippen molar-refractivity contribution < 1.29 is 5.11 Å². The second kappa shape index (κ2) is 8.01. The van der Waals surface area contributed by atoms with Gasteiger partial charge in [0, 0.05) is 19.6 Å². The van der Waals surface area contributed by atoms with Gasteiger partial charge in [0.05, 0.1) is 17.7 Å². The van der Waals surface area contributed by atoms with E-state index < -0.39 is 0 Å². The summed E-state index contributed by atoms with van der Waals surface area (Å²) in [5, 5.41) is 21.6. The van der Waals surface area contributed by atoms with Crippen molar-refractivity contribution in [3.05, 3.63) is 35.4 Å². The standard InChI is InChI=1S/C16H23N3O/c17-12-14-2-4-15(5-3-14)13-18-8-1-9-19-10-6-16(20)7-11-19/h2-5,16,18,20H,1,6-11,13H2. The fourth-order valence-corrected chi connectivity index (χ4v) is 2.50. The first-order chi connectivity index (χ1) is 9.78. The molecule has 108 valence electrons. The van der Waals surface area contributed by atoms with Gasteiger partial charge in [0.2, 0.25) is 0 Å². The third-order valence-corrected chi connectivity index (χ3v) is 3.80. The molecule has 0 saturated carbocycles. The number of piperidine rings is 1. The molecule has 1 saturated heterocycles. The summed E-state index contributed by atoms with van der Waals surface area (Å²) in [7, 11) is 0. The maximum atomic E-state index is 9.44. The van der Waals surface area contributed by atoms with E-state index in [9.17, 15) is 5.11 Å².